The van der Waals surface area contributed by atoms with Gasteiger partial charge in [-0.3, -0.25) is 4.98 Å². The second-order valence-corrected chi connectivity index (χ2v) is 4.49. The summed E-state index contributed by atoms with van der Waals surface area (Å²) in [5.41, 5.74) is 1.09. The molecule has 0 aliphatic rings. The largest absolute Gasteiger partial charge is 0.478 e. The standard InChI is InChI=1S/C12H10BrN3O2/c13-9-4-10(12(17)18)11(16-7-9)15-6-8-2-1-3-14-5-8/h1-5,7H,6H2,(H,15,16)(H,17,18). The first-order valence-corrected chi connectivity index (χ1v) is 5.98. The fourth-order valence-electron chi connectivity index (χ4n) is 1.43. The van der Waals surface area contributed by atoms with Crippen LogP contribution >= 0.6 is 15.9 Å². The summed E-state index contributed by atoms with van der Waals surface area (Å²) in [5, 5.41) is 12.1. The van der Waals surface area contributed by atoms with E-state index < -0.39 is 5.97 Å². The highest BCUT2D eigenvalue weighted by atomic mass is 79.9. The van der Waals surface area contributed by atoms with Crippen LogP contribution in [-0.2, 0) is 6.54 Å². The third-order valence-corrected chi connectivity index (χ3v) is 2.70. The number of halogens is 1. The summed E-state index contributed by atoms with van der Waals surface area (Å²) in [6, 6.07) is 5.24. The number of carboxylic acid groups (broad SMARTS) is 1. The van der Waals surface area contributed by atoms with E-state index in [1.807, 2.05) is 12.1 Å². The zero-order valence-corrected chi connectivity index (χ0v) is 10.9. The van der Waals surface area contributed by atoms with E-state index in [9.17, 15) is 4.79 Å². The molecular formula is C12H10BrN3O2. The molecule has 0 unspecified atom stereocenters. The molecule has 0 bridgehead atoms. The zero-order valence-electron chi connectivity index (χ0n) is 9.30. The fourth-order valence-corrected chi connectivity index (χ4v) is 1.76. The number of hydrogen-bond acceptors (Lipinski definition) is 4. The average Bonchev–Trinajstić information content (AvgIpc) is 2.38. The van der Waals surface area contributed by atoms with Crippen LogP contribution in [0.4, 0.5) is 5.82 Å². The Kier molecular flexibility index (Phi) is 3.88. The summed E-state index contributed by atoms with van der Waals surface area (Å²) in [5.74, 6) is -0.674. The Labute approximate surface area is 112 Å². The van der Waals surface area contributed by atoms with Gasteiger partial charge in [0.2, 0.25) is 0 Å². The molecule has 0 aromatic carbocycles. The second kappa shape index (κ2) is 5.59. The minimum atomic E-state index is -1.02. The Balaban J connectivity index is 2.17. The molecule has 0 aliphatic heterocycles. The van der Waals surface area contributed by atoms with Gasteiger partial charge in [-0.15, -0.1) is 0 Å². The molecule has 92 valence electrons. The van der Waals surface area contributed by atoms with E-state index in [0.717, 1.165) is 5.56 Å². The second-order valence-electron chi connectivity index (χ2n) is 3.57. The third-order valence-electron chi connectivity index (χ3n) is 2.27. The molecule has 0 aliphatic carbocycles. The lowest BCUT2D eigenvalue weighted by Gasteiger charge is -2.08. The van der Waals surface area contributed by atoms with Crippen molar-refractivity contribution in [3.63, 3.8) is 0 Å². The molecule has 2 N–H and O–H groups in total. The van der Waals surface area contributed by atoms with Crippen molar-refractivity contribution in [3.05, 3.63) is 52.4 Å². The number of rotatable bonds is 4. The van der Waals surface area contributed by atoms with Crippen molar-refractivity contribution in [3.8, 4) is 0 Å². The Hall–Kier alpha value is -1.95. The van der Waals surface area contributed by atoms with Crippen molar-refractivity contribution in [2.45, 2.75) is 6.54 Å². The number of anilines is 1. The number of carbonyl (C=O) groups is 1. The minimum Gasteiger partial charge on any atom is -0.478 e. The average molecular weight is 308 g/mol. The molecule has 18 heavy (non-hydrogen) atoms. The van der Waals surface area contributed by atoms with Crippen LogP contribution in [0.3, 0.4) is 0 Å². The molecule has 0 atom stereocenters. The third kappa shape index (κ3) is 3.04. The monoisotopic (exact) mass is 307 g/mol. The Morgan fingerprint density at radius 3 is 2.94 bits per heavy atom. The molecule has 6 heteroatoms. The first-order valence-electron chi connectivity index (χ1n) is 5.18. The van der Waals surface area contributed by atoms with Crippen molar-refractivity contribution in [2.24, 2.45) is 0 Å². The maximum absolute atomic E-state index is 11.1. The summed E-state index contributed by atoms with van der Waals surface area (Å²) in [7, 11) is 0. The van der Waals surface area contributed by atoms with Crippen LogP contribution in [0.15, 0.2) is 41.3 Å². The Morgan fingerprint density at radius 1 is 1.44 bits per heavy atom. The molecule has 0 amide bonds. The lowest BCUT2D eigenvalue weighted by molar-refractivity contribution is 0.0697. The summed E-state index contributed by atoms with van der Waals surface area (Å²) < 4.78 is 0.631. The van der Waals surface area contributed by atoms with Crippen LogP contribution in [0.1, 0.15) is 15.9 Å². The fraction of sp³-hybridized carbons (Fsp3) is 0.0833. The minimum absolute atomic E-state index is 0.133. The van der Waals surface area contributed by atoms with E-state index in [1.165, 1.54) is 6.07 Å². The summed E-state index contributed by atoms with van der Waals surface area (Å²) in [4.78, 5) is 19.1. The van der Waals surface area contributed by atoms with Gasteiger partial charge in [-0.25, -0.2) is 9.78 Å². The molecule has 5 nitrogen and oxygen atoms in total. The number of hydrogen-bond donors (Lipinski definition) is 2. The molecule has 0 spiro atoms. The van der Waals surface area contributed by atoms with Gasteiger partial charge < -0.3 is 10.4 Å². The number of aromatic carboxylic acids is 1. The molecule has 0 fully saturated rings. The van der Waals surface area contributed by atoms with E-state index >= 15 is 0 Å². The zero-order chi connectivity index (χ0) is 13.0. The van der Waals surface area contributed by atoms with Gasteiger partial charge in [-0.1, -0.05) is 6.07 Å². The normalized spacial score (nSPS) is 10.1. The Morgan fingerprint density at radius 2 is 2.28 bits per heavy atom. The van der Waals surface area contributed by atoms with Gasteiger partial charge in [0.05, 0.1) is 0 Å². The highest BCUT2D eigenvalue weighted by molar-refractivity contribution is 9.10. The van der Waals surface area contributed by atoms with Crippen LogP contribution in [-0.4, -0.2) is 21.0 Å². The van der Waals surface area contributed by atoms with Gasteiger partial charge in [-0.05, 0) is 33.6 Å². The van der Waals surface area contributed by atoms with Crippen molar-refractivity contribution in [1.82, 2.24) is 9.97 Å². The van der Waals surface area contributed by atoms with E-state index in [-0.39, 0.29) is 5.56 Å². The van der Waals surface area contributed by atoms with Gasteiger partial charge in [0.25, 0.3) is 0 Å². The van der Waals surface area contributed by atoms with Gasteiger partial charge >= 0.3 is 5.97 Å². The maximum Gasteiger partial charge on any atom is 0.339 e. The molecule has 2 aromatic heterocycles. The first kappa shape index (κ1) is 12.5. The smallest absolute Gasteiger partial charge is 0.339 e. The lowest BCUT2D eigenvalue weighted by Crippen LogP contribution is -2.08. The first-order chi connectivity index (χ1) is 8.66. The van der Waals surface area contributed by atoms with Crippen molar-refractivity contribution in [2.75, 3.05) is 5.32 Å². The predicted molar refractivity (Wildman–Crippen MR) is 70.5 cm³/mol. The van der Waals surface area contributed by atoms with Gasteiger partial charge in [0.15, 0.2) is 0 Å². The molecular weight excluding hydrogens is 298 g/mol. The van der Waals surface area contributed by atoms with Crippen molar-refractivity contribution in [1.29, 1.82) is 0 Å². The number of nitrogens with zero attached hydrogens (tertiary/aromatic N) is 2. The van der Waals surface area contributed by atoms with Crippen LogP contribution in [0.5, 0.6) is 0 Å². The van der Waals surface area contributed by atoms with Crippen LogP contribution in [0.25, 0.3) is 0 Å². The van der Waals surface area contributed by atoms with E-state index in [2.05, 4.69) is 31.2 Å². The molecule has 0 saturated carbocycles. The molecule has 0 radical (unpaired) electrons. The topological polar surface area (TPSA) is 75.1 Å². The quantitative estimate of drug-likeness (QED) is 0.908. The summed E-state index contributed by atoms with van der Waals surface area (Å²) in [6.07, 6.45) is 4.95. The van der Waals surface area contributed by atoms with Crippen molar-refractivity contribution >= 4 is 27.7 Å². The number of nitrogens with one attached hydrogen (secondary N) is 1. The molecule has 2 rings (SSSR count). The number of carboxylic acids is 1. The summed E-state index contributed by atoms with van der Waals surface area (Å²) in [6.45, 7) is 0.475. The van der Waals surface area contributed by atoms with Crippen LogP contribution in [0.2, 0.25) is 0 Å². The highest BCUT2D eigenvalue weighted by Crippen LogP contribution is 2.18. The lowest BCUT2D eigenvalue weighted by atomic mass is 10.2. The highest BCUT2D eigenvalue weighted by Gasteiger charge is 2.11. The molecule has 0 saturated heterocycles. The summed E-state index contributed by atoms with van der Waals surface area (Å²) >= 11 is 3.20. The van der Waals surface area contributed by atoms with Gasteiger partial charge in [0.1, 0.15) is 11.4 Å². The SMILES string of the molecule is O=C(O)c1cc(Br)cnc1NCc1cccnc1. The van der Waals surface area contributed by atoms with E-state index in [0.29, 0.717) is 16.8 Å². The maximum atomic E-state index is 11.1. The van der Waals surface area contributed by atoms with E-state index in [1.54, 1.807) is 18.6 Å². The van der Waals surface area contributed by atoms with Crippen LogP contribution < -0.4 is 5.32 Å². The number of aromatic nitrogens is 2. The number of pyridine rings is 2. The Bertz CT molecular complexity index is 561. The predicted octanol–water partition coefficient (Wildman–Crippen LogP) is 2.55. The van der Waals surface area contributed by atoms with Gasteiger partial charge in [0, 0.05) is 29.6 Å². The van der Waals surface area contributed by atoms with Gasteiger partial charge in [-0.2, -0.15) is 0 Å². The van der Waals surface area contributed by atoms with E-state index in [4.69, 9.17) is 5.11 Å². The van der Waals surface area contributed by atoms with Crippen LogP contribution in [0, 0.1) is 0 Å². The molecule has 2 heterocycles. The van der Waals surface area contributed by atoms with Crippen molar-refractivity contribution < 1.29 is 9.90 Å². The molecule has 2 aromatic rings.